The number of halogens is 1. The molecule has 0 bridgehead atoms. The number of rotatable bonds is 5. The van der Waals surface area contributed by atoms with Crippen molar-refractivity contribution in [2.24, 2.45) is 0 Å². The minimum absolute atomic E-state index is 0.201. The smallest absolute Gasteiger partial charge is 0.293 e. The molecule has 0 aliphatic rings. The molecule has 2 aromatic heterocycles. The standard InChI is InChI=1S/C16H14ClN3O2S/c1-2-5-14-19-20-16(23-14)18-15(21)13-9-8-12(22-13)10-6-3-4-7-11(10)17/h3-4,6-9H,2,5H2,1H3,(H,18,20,21). The highest BCUT2D eigenvalue weighted by atomic mass is 35.5. The van der Waals surface area contributed by atoms with Crippen LogP contribution in [0.5, 0.6) is 0 Å². The van der Waals surface area contributed by atoms with Gasteiger partial charge in [0.05, 0.1) is 5.02 Å². The molecule has 0 unspecified atom stereocenters. The second-order valence-electron chi connectivity index (χ2n) is 4.85. The number of aryl methyl sites for hydroxylation is 1. The van der Waals surface area contributed by atoms with Crippen molar-refractivity contribution in [3.63, 3.8) is 0 Å². The molecule has 0 spiro atoms. The van der Waals surface area contributed by atoms with Crippen molar-refractivity contribution in [3.05, 3.63) is 52.2 Å². The molecule has 3 rings (SSSR count). The topological polar surface area (TPSA) is 68.0 Å². The van der Waals surface area contributed by atoms with Crippen molar-refractivity contribution >= 4 is 34.0 Å². The Hall–Kier alpha value is -2.18. The molecule has 0 saturated heterocycles. The molecule has 1 N–H and O–H groups in total. The van der Waals surface area contributed by atoms with Crippen LogP contribution in [0.2, 0.25) is 5.02 Å². The van der Waals surface area contributed by atoms with E-state index < -0.39 is 0 Å². The molecule has 1 amide bonds. The third-order valence-electron chi connectivity index (χ3n) is 3.12. The van der Waals surface area contributed by atoms with Crippen molar-refractivity contribution in [2.45, 2.75) is 19.8 Å². The zero-order valence-corrected chi connectivity index (χ0v) is 13.9. The van der Waals surface area contributed by atoms with Gasteiger partial charge >= 0.3 is 0 Å². The number of hydrogen-bond donors (Lipinski definition) is 1. The maximum Gasteiger partial charge on any atom is 0.293 e. The summed E-state index contributed by atoms with van der Waals surface area (Å²) < 4.78 is 5.60. The van der Waals surface area contributed by atoms with Gasteiger partial charge in [-0.3, -0.25) is 10.1 Å². The summed E-state index contributed by atoms with van der Waals surface area (Å²) in [6.45, 7) is 2.07. The highest BCUT2D eigenvalue weighted by molar-refractivity contribution is 7.15. The maximum atomic E-state index is 12.2. The molecule has 0 aliphatic heterocycles. The summed E-state index contributed by atoms with van der Waals surface area (Å²) in [6.07, 6.45) is 1.84. The Morgan fingerprint density at radius 1 is 1.26 bits per heavy atom. The summed E-state index contributed by atoms with van der Waals surface area (Å²) >= 11 is 7.50. The molecule has 2 heterocycles. The minimum Gasteiger partial charge on any atom is -0.451 e. The predicted octanol–water partition coefficient (Wildman–Crippen LogP) is 4.66. The number of nitrogens with one attached hydrogen (secondary N) is 1. The van der Waals surface area contributed by atoms with Crippen LogP contribution < -0.4 is 5.32 Å². The second kappa shape index (κ2) is 6.93. The van der Waals surface area contributed by atoms with Crippen molar-refractivity contribution < 1.29 is 9.21 Å². The molecule has 7 heteroatoms. The largest absolute Gasteiger partial charge is 0.451 e. The van der Waals surface area contributed by atoms with Crippen molar-refractivity contribution in [1.29, 1.82) is 0 Å². The number of benzene rings is 1. The summed E-state index contributed by atoms with van der Waals surface area (Å²) in [5.74, 6) is 0.388. The maximum absolute atomic E-state index is 12.2. The summed E-state index contributed by atoms with van der Waals surface area (Å²) in [7, 11) is 0. The van der Waals surface area contributed by atoms with Crippen LogP contribution in [0.3, 0.4) is 0 Å². The fourth-order valence-electron chi connectivity index (χ4n) is 2.04. The van der Waals surface area contributed by atoms with E-state index in [-0.39, 0.29) is 11.7 Å². The van der Waals surface area contributed by atoms with E-state index in [0.29, 0.717) is 15.9 Å². The van der Waals surface area contributed by atoms with E-state index in [1.165, 1.54) is 11.3 Å². The van der Waals surface area contributed by atoms with E-state index in [9.17, 15) is 4.79 Å². The van der Waals surface area contributed by atoms with Crippen LogP contribution in [-0.4, -0.2) is 16.1 Å². The Balaban J connectivity index is 1.74. The lowest BCUT2D eigenvalue weighted by molar-refractivity contribution is 0.0997. The van der Waals surface area contributed by atoms with Gasteiger partial charge in [0.1, 0.15) is 10.8 Å². The van der Waals surface area contributed by atoms with Crippen molar-refractivity contribution in [1.82, 2.24) is 10.2 Å². The Morgan fingerprint density at radius 3 is 2.87 bits per heavy atom. The van der Waals surface area contributed by atoms with Gasteiger partial charge in [-0.2, -0.15) is 0 Å². The van der Waals surface area contributed by atoms with E-state index in [0.717, 1.165) is 23.4 Å². The zero-order chi connectivity index (χ0) is 16.2. The fraction of sp³-hybridized carbons (Fsp3) is 0.188. The number of furan rings is 1. The first-order valence-corrected chi connectivity index (χ1v) is 8.35. The number of nitrogens with zero attached hydrogens (tertiary/aromatic N) is 2. The van der Waals surface area contributed by atoms with Crippen LogP contribution in [0.25, 0.3) is 11.3 Å². The van der Waals surface area contributed by atoms with E-state index >= 15 is 0 Å². The third-order valence-corrected chi connectivity index (χ3v) is 4.35. The summed E-state index contributed by atoms with van der Waals surface area (Å²) in [4.78, 5) is 12.2. The van der Waals surface area contributed by atoms with Gasteiger partial charge in [-0.25, -0.2) is 0 Å². The van der Waals surface area contributed by atoms with Gasteiger partial charge in [-0.1, -0.05) is 42.0 Å². The highest BCUT2D eigenvalue weighted by Crippen LogP contribution is 2.29. The molecule has 0 aliphatic carbocycles. The summed E-state index contributed by atoms with van der Waals surface area (Å²) in [5, 5.41) is 12.6. The monoisotopic (exact) mass is 347 g/mol. The number of carbonyl (C=O) groups is 1. The van der Waals surface area contributed by atoms with E-state index in [4.69, 9.17) is 16.0 Å². The van der Waals surface area contributed by atoms with Gasteiger partial charge in [-0.15, -0.1) is 10.2 Å². The lowest BCUT2D eigenvalue weighted by Crippen LogP contribution is -2.10. The van der Waals surface area contributed by atoms with Crippen LogP contribution in [0.15, 0.2) is 40.8 Å². The quantitative estimate of drug-likeness (QED) is 0.729. The Bertz CT molecular complexity index is 828. The Morgan fingerprint density at radius 2 is 2.09 bits per heavy atom. The molecule has 1 aromatic carbocycles. The summed E-state index contributed by atoms with van der Waals surface area (Å²) in [5.41, 5.74) is 0.745. The molecule has 23 heavy (non-hydrogen) atoms. The van der Waals surface area contributed by atoms with E-state index in [1.807, 2.05) is 18.2 Å². The lowest BCUT2D eigenvalue weighted by Gasteiger charge is -2.00. The van der Waals surface area contributed by atoms with E-state index in [2.05, 4.69) is 22.4 Å². The van der Waals surface area contributed by atoms with Crippen molar-refractivity contribution in [3.8, 4) is 11.3 Å². The van der Waals surface area contributed by atoms with Gasteiger partial charge < -0.3 is 4.42 Å². The molecule has 0 atom stereocenters. The molecular weight excluding hydrogens is 334 g/mol. The van der Waals surface area contributed by atoms with Crippen LogP contribution in [0.1, 0.15) is 28.9 Å². The normalized spacial score (nSPS) is 10.7. The molecule has 0 saturated carbocycles. The lowest BCUT2D eigenvalue weighted by atomic mass is 10.2. The van der Waals surface area contributed by atoms with Crippen molar-refractivity contribution in [2.75, 3.05) is 5.32 Å². The molecule has 0 radical (unpaired) electrons. The van der Waals surface area contributed by atoms with Gasteiger partial charge in [0.25, 0.3) is 5.91 Å². The number of amides is 1. The number of aromatic nitrogens is 2. The van der Waals surface area contributed by atoms with Crippen LogP contribution >= 0.6 is 22.9 Å². The number of anilines is 1. The van der Waals surface area contributed by atoms with E-state index in [1.54, 1.807) is 18.2 Å². The Labute approximate surface area is 142 Å². The van der Waals surface area contributed by atoms with Gasteiger partial charge in [0.2, 0.25) is 5.13 Å². The van der Waals surface area contributed by atoms with Crippen LogP contribution in [0.4, 0.5) is 5.13 Å². The van der Waals surface area contributed by atoms with Crippen LogP contribution in [0, 0.1) is 0 Å². The first kappa shape index (κ1) is 15.7. The third kappa shape index (κ3) is 3.60. The van der Waals surface area contributed by atoms with Gasteiger partial charge in [-0.05, 0) is 30.7 Å². The van der Waals surface area contributed by atoms with Crippen LogP contribution in [-0.2, 0) is 6.42 Å². The molecule has 118 valence electrons. The average Bonchev–Trinajstić information content (AvgIpc) is 3.18. The zero-order valence-electron chi connectivity index (χ0n) is 12.4. The molecule has 5 nitrogen and oxygen atoms in total. The fourth-order valence-corrected chi connectivity index (χ4v) is 3.11. The first-order chi connectivity index (χ1) is 11.2. The second-order valence-corrected chi connectivity index (χ2v) is 6.32. The Kier molecular flexibility index (Phi) is 4.73. The highest BCUT2D eigenvalue weighted by Gasteiger charge is 2.15. The number of carbonyl (C=O) groups excluding carboxylic acids is 1. The minimum atomic E-state index is -0.359. The first-order valence-electron chi connectivity index (χ1n) is 7.16. The summed E-state index contributed by atoms with van der Waals surface area (Å²) in [6, 6.07) is 10.6. The predicted molar refractivity (Wildman–Crippen MR) is 91.0 cm³/mol. The van der Waals surface area contributed by atoms with Gasteiger partial charge in [0, 0.05) is 12.0 Å². The average molecular weight is 348 g/mol. The molecule has 0 fully saturated rings. The SMILES string of the molecule is CCCc1nnc(NC(=O)c2ccc(-c3ccccc3Cl)o2)s1. The number of hydrogen-bond acceptors (Lipinski definition) is 5. The van der Waals surface area contributed by atoms with Gasteiger partial charge in [0.15, 0.2) is 5.76 Å². The molecule has 3 aromatic rings. The molecular formula is C16H14ClN3O2S.